The minimum Gasteiger partial charge on any atom is -0.492 e. The minimum absolute atomic E-state index is 0.0140. The van der Waals surface area contributed by atoms with Crippen LogP contribution in [0.1, 0.15) is 17.3 Å². The lowest BCUT2D eigenvalue weighted by Gasteiger charge is -2.04. The van der Waals surface area contributed by atoms with Gasteiger partial charge in [0.05, 0.1) is 26.8 Å². The van der Waals surface area contributed by atoms with Crippen molar-refractivity contribution in [1.29, 1.82) is 0 Å². The van der Waals surface area contributed by atoms with Gasteiger partial charge in [-0.1, -0.05) is 29.0 Å². The molecule has 9 heteroatoms. The average molecular weight is 378 g/mol. The van der Waals surface area contributed by atoms with Gasteiger partial charge in [-0.2, -0.15) is 0 Å². The number of carbonyl (C=O) groups excluding carboxylic acids is 1. The number of rotatable bonds is 5. The van der Waals surface area contributed by atoms with Gasteiger partial charge in [0.1, 0.15) is 11.3 Å². The smallest absolute Gasteiger partial charge is 0.270 e. The second-order valence-electron chi connectivity index (χ2n) is 4.93. The van der Waals surface area contributed by atoms with Gasteiger partial charge < -0.3 is 4.74 Å². The molecular weight excluding hydrogens is 366 g/mol. The molecule has 0 saturated carbocycles. The standard InChI is InChI=1S/C16H12ClN3O4S/c1-2-24-12-4-3-5-13-14(12)18-16(25-13)19-15(21)10-8-9(20(22)23)6-7-11(10)17/h3-8H,2H2,1H3,(H,18,19,21). The van der Waals surface area contributed by atoms with Gasteiger partial charge in [-0.25, -0.2) is 4.98 Å². The van der Waals surface area contributed by atoms with Crippen LogP contribution in [0.3, 0.4) is 0 Å². The molecule has 0 saturated heterocycles. The monoisotopic (exact) mass is 377 g/mol. The van der Waals surface area contributed by atoms with Crippen LogP contribution in [0.2, 0.25) is 5.02 Å². The van der Waals surface area contributed by atoms with Crippen molar-refractivity contribution in [1.82, 2.24) is 4.98 Å². The number of hydrogen-bond donors (Lipinski definition) is 1. The van der Waals surface area contributed by atoms with Crippen LogP contribution in [0.5, 0.6) is 5.75 Å². The summed E-state index contributed by atoms with van der Waals surface area (Å²) in [7, 11) is 0. The lowest BCUT2D eigenvalue weighted by molar-refractivity contribution is -0.384. The van der Waals surface area contributed by atoms with Gasteiger partial charge in [0.2, 0.25) is 0 Å². The zero-order valence-electron chi connectivity index (χ0n) is 13.0. The SMILES string of the molecule is CCOc1cccc2sc(NC(=O)c3cc([N+](=O)[O-])ccc3Cl)nc12. The van der Waals surface area contributed by atoms with Crippen molar-refractivity contribution in [3.05, 3.63) is 57.1 Å². The van der Waals surface area contributed by atoms with Crippen LogP contribution in [0.25, 0.3) is 10.2 Å². The van der Waals surface area contributed by atoms with Gasteiger partial charge in [0.15, 0.2) is 5.13 Å². The number of para-hydroxylation sites is 1. The number of ether oxygens (including phenoxy) is 1. The molecule has 0 fully saturated rings. The van der Waals surface area contributed by atoms with E-state index in [1.165, 1.54) is 23.5 Å². The van der Waals surface area contributed by atoms with Crippen molar-refractivity contribution in [3.8, 4) is 5.75 Å². The van der Waals surface area contributed by atoms with Crippen molar-refractivity contribution in [2.45, 2.75) is 6.92 Å². The highest BCUT2D eigenvalue weighted by Crippen LogP contribution is 2.33. The van der Waals surface area contributed by atoms with Crippen molar-refractivity contribution >= 4 is 49.9 Å². The summed E-state index contributed by atoms with van der Waals surface area (Å²) in [5.74, 6) is 0.0656. The second-order valence-corrected chi connectivity index (χ2v) is 6.37. The first-order chi connectivity index (χ1) is 12.0. The molecule has 25 heavy (non-hydrogen) atoms. The van der Waals surface area contributed by atoms with Crippen molar-refractivity contribution in [2.75, 3.05) is 11.9 Å². The van der Waals surface area contributed by atoms with Gasteiger partial charge in [-0.15, -0.1) is 0 Å². The summed E-state index contributed by atoms with van der Waals surface area (Å²) in [5, 5.41) is 14.0. The van der Waals surface area contributed by atoms with Crippen LogP contribution in [-0.2, 0) is 0 Å². The number of benzene rings is 2. The Morgan fingerprint density at radius 3 is 2.92 bits per heavy atom. The molecule has 0 aliphatic rings. The number of non-ortho nitro benzene ring substituents is 1. The highest BCUT2D eigenvalue weighted by atomic mass is 35.5. The number of nitrogens with zero attached hydrogens (tertiary/aromatic N) is 2. The maximum Gasteiger partial charge on any atom is 0.270 e. The summed E-state index contributed by atoms with van der Waals surface area (Å²) in [6.07, 6.45) is 0. The molecule has 3 rings (SSSR count). The number of aromatic nitrogens is 1. The van der Waals surface area contributed by atoms with E-state index in [2.05, 4.69) is 10.3 Å². The van der Waals surface area contributed by atoms with E-state index in [0.717, 1.165) is 10.8 Å². The zero-order chi connectivity index (χ0) is 18.0. The fourth-order valence-corrected chi connectivity index (χ4v) is 3.30. The predicted molar refractivity (Wildman–Crippen MR) is 96.8 cm³/mol. The Labute approximate surface area is 151 Å². The van der Waals surface area contributed by atoms with Crippen molar-refractivity contribution < 1.29 is 14.5 Å². The summed E-state index contributed by atoms with van der Waals surface area (Å²) < 4.78 is 6.37. The minimum atomic E-state index is -0.584. The highest BCUT2D eigenvalue weighted by Gasteiger charge is 2.18. The fourth-order valence-electron chi connectivity index (χ4n) is 2.21. The molecular formula is C16H12ClN3O4S. The largest absolute Gasteiger partial charge is 0.492 e. The molecule has 0 aliphatic heterocycles. The van der Waals surface area contributed by atoms with Gasteiger partial charge in [-0.05, 0) is 25.1 Å². The first-order valence-electron chi connectivity index (χ1n) is 7.27. The molecule has 0 radical (unpaired) electrons. The van der Waals surface area contributed by atoms with Gasteiger partial charge in [-0.3, -0.25) is 20.2 Å². The molecule has 2 aromatic carbocycles. The summed E-state index contributed by atoms with van der Waals surface area (Å²) in [6, 6.07) is 9.20. The average Bonchev–Trinajstić information content (AvgIpc) is 2.98. The molecule has 1 aromatic heterocycles. The Balaban J connectivity index is 1.91. The van der Waals surface area contributed by atoms with Crippen LogP contribution in [0, 0.1) is 10.1 Å². The van der Waals surface area contributed by atoms with Crippen molar-refractivity contribution in [3.63, 3.8) is 0 Å². The Kier molecular flexibility index (Phi) is 4.82. The Bertz CT molecular complexity index is 973. The number of anilines is 1. The van der Waals surface area contributed by atoms with E-state index in [4.69, 9.17) is 16.3 Å². The summed E-state index contributed by atoms with van der Waals surface area (Å²) >= 11 is 7.26. The number of thiazole rings is 1. The van der Waals surface area contributed by atoms with E-state index in [-0.39, 0.29) is 16.3 Å². The van der Waals surface area contributed by atoms with Crippen molar-refractivity contribution in [2.24, 2.45) is 0 Å². The molecule has 0 atom stereocenters. The topological polar surface area (TPSA) is 94.4 Å². The first kappa shape index (κ1) is 17.1. The molecule has 0 spiro atoms. The predicted octanol–water partition coefficient (Wildman–Crippen LogP) is 4.51. The Morgan fingerprint density at radius 2 is 2.20 bits per heavy atom. The highest BCUT2D eigenvalue weighted by molar-refractivity contribution is 7.22. The van der Waals surface area contributed by atoms with Gasteiger partial charge in [0, 0.05) is 12.1 Å². The Morgan fingerprint density at radius 1 is 1.40 bits per heavy atom. The Hall–Kier alpha value is -2.71. The lowest BCUT2D eigenvalue weighted by Crippen LogP contribution is -2.12. The maximum atomic E-state index is 12.4. The number of amides is 1. The normalized spacial score (nSPS) is 10.6. The number of fused-ring (bicyclic) bond motifs is 1. The number of hydrogen-bond acceptors (Lipinski definition) is 6. The van der Waals surface area contributed by atoms with Crippen LogP contribution in [0.4, 0.5) is 10.8 Å². The molecule has 1 heterocycles. The van der Waals surface area contributed by atoms with Gasteiger partial charge >= 0.3 is 0 Å². The van der Waals surface area contributed by atoms with E-state index in [9.17, 15) is 14.9 Å². The number of halogens is 1. The molecule has 0 aliphatic carbocycles. The molecule has 1 amide bonds. The maximum absolute atomic E-state index is 12.4. The van der Waals surface area contributed by atoms with E-state index in [0.29, 0.717) is 23.0 Å². The van der Waals surface area contributed by atoms with Crippen LogP contribution in [0.15, 0.2) is 36.4 Å². The van der Waals surface area contributed by atoms with E-state index < -0.39 is 10.8 Å². The number of carbonyl (C=O) groups is 1. The van der Waals surface area contributed by atoms with Crippen LogP contribution in [-0.4, -0.2) is 22.4 Å². The fraction of sp³-hybridized carbons (Fsp3) is 0.125. The number of nitro groups is 1. The summed E-state index contributed by atoms with van der Waals surface area (Å²) in [6.45, 7) is 2.37. The number of nitrogens with one attached hydrogen (secondary N) is 1. The van der Waals surface area contributed by atoms with Crippen LogP contribution >= 0.6 is 22.9 Å². The van der Waals surface area contributed by atoms with E-state index in [1.807, 2.05) is 19.1 Å². The molecule has 0 bridgehead atoms. The third kappa shape index (κ3) is 3.54. The molecule has 1 N–H and O–H groups in total. The molecule has 0 unspecified atom stereocenters. The van der Waals surface area contributed by atoms with E-state index in [1.54, 1.807) is 6.07 Å². The summed E-state index contributed by atoms with van der Waals surface area (Å²) in [4.78, 5) is 27.1. The zero-order valence-corrected chi connectivity index (χ0v) is 14.6. The third-order valence-corrected chi connectivity index (χ3v) is 4.57. The lowest BCUT2D eigenvalue weighted by atomic mass is 10.2. The first-order valence-corrected chi connectivity index (χ1v) is 8.46. The van der Waals surface area contributed by atoms with Gasteiger partial charge in [0.25, 0.3) is 11.6 Å². The summed E-state index contributed by atoms with van der Waals surface area (Å²) in [5.41, 5.74) is 0.451. The number of nitro benzene ring substituents is 1. The molecule has 128 valence electrons. The third-order valence-electron chi connectivity index (χ3n) is 3.31. The quantitative estimate of drug-likeness (QED) is 0.521. The van der Waals surface area contributed by atoms with E-state index >= 15 is 0 Å². The second kappa shape index (κ2) is 7.04. The molecule has 7 nitrogen and oxygen atoms in total. The molecule has 3 aromatic rings. The van der Waals surface area contributed by atoms with Crippen LogP contribution < -0.4 is 10.1 Å².